The van der Waals surface area contributed by atoms with Crippen LogP contribution in [0.5, 0.6) is 0 Å². The fraction of sp³-hybridized carbons (Fsp3) is 0.588. The normalized spacial score (nSPS) is 21.7. The second-order valence-electron chi connectivity index (χ2n) is 6.55. The van der Waals surface area contributed by atoms with Crippen molar-refractivity contribution in [3.63, 3.8) is 0 Å². The lowest BCUT2D eigenvalue weighted by molar-refractivity contribution is 0.0909. The third-order valence-corrected chi connectivity index (χ3v) is 4.68. The molecule has 23 heavy (non-hydrogen) atoms. The minimum atomic E-state index is -0.0520. The van der Waals surface area contributed by atoms with Gasteiger partial charge < -0.3 is 15.2 Å². The summed E-state index contributed by atoms with van der Waals surface area (Å²) in [6.45, 7) is 8.27. The molecule has 0 aliphatic carbocycles. The number of imidazole rings is 1. The molecule has 0 unspecified atom stereocenters. The number of nitrogens with one attached hydrogen (secondary N) is 2. The Bertz CT molecular complexity index is 693. The van der Waals surface area contributed by atoms with E-state index >= 15 is 0 Å². The number of carbonyl (C=O) groups excluding carboxylic acids is 1. The highest BCUT2D eigenvalue weighted by Crippen LogP contribution is 2.18. The van der Waals surface area contributed by atoms with Crippen LogP contribution in [0, 0.1) is 5.92 Å². The molecule has 0 bridgehead atoms. The van der Waals surface area contributed by atoms with Crippen molar-refractivity contribution in [2.45, 2.75) is 45.7 Å². The molecule has 1 aliphatic rings. The van der Waals surface area contributed by atoms with Crippen LogP contribution in [0.15, 0.2) is 18.6 Å². The molecule has 1 amide bonds. The van der Waals surface area contributed by atoms with E-state index in [9.17, 15) is 4.79 Å². The van der Waals surface area contributed by atoms with Crippen molar-refractivity contribution in [2.75, 3.05) is 13.1 Å². The summed E-state index contributed by atoms with van der Waals surface area (Å²) in [6, 6.07) is 2.36. The predicted octanol–water partition coefficient (Wildman–Crippen LogP) is 2.13. The van der Waals surface area contributed by atoms with Gasteiger partial charge >= 0.3 is 0 Å². The van der Waals surface area contributed by atoms with Crippen LogP contribution in [0.1, 0.15) is 50.0 Å². The van der Waals surface area contributed by atoms with E-state index < -0.39 is 0 Å². The van der Waals surface area contributed by atoms with Gasteiger partial charge in [-0.3, -0.25) is 4.79 Å². The van der Waals surface area contributed by atoms with Gasteiger partial charge in [-0.1, -0.05) is 13.3 Å². The summed E-state index contributed by atoms with van der Waals surface area (Å²) in [6.07, 6.45) is 5.47. The van der Waals surface area contributed by atoms with Gasteiger partial charge in [0.05, 0.1) is 11.9 Å². The van der Waals surface area contributed by atoms with Gasteiger partial charge in [-0.25, -0.2) is 9.97 Å². The van der Waals surface area contributed by atoms with Gasteiger partial charge in [-0.05, 0) is 45.3 Å². The molecule has 0 spiro atoms. The first kappa shape index (κ1) is 15.9. The summed E-state index contributed by atoms with van der Waals surface area (Å²) >= 11 is 0. The van der Waals surface area contributed by atoms with Crippen molar-refractivity contribution in [3.05, 3.63) is 24.2 Å². The molecule has 124 valence electrons. The molecule has 2 N–H and O–H groups in total. The second-order valence-corrected chi connectivity index (χ2v) is 6.55. The van der Waals surface area contributed by atoms with Gasteiger partial charge in [0.1, 0.15) is 5.52 Å². The van der Waals surface area contributed by atoms with Crippen LogP contribution in [0.3, 0.4) is 0 Å². The quantitative estimate of drug-likeness (QED) is 0.906. The number of hydrogen-bond donors (Lipinski definition) is 2. The van der Waals surface area contributed by atoms with Crippen LogP contribution in [0.25, 0.3) is 11.2 Å². The molecule has 2 aromatic rings. The fourth-order valence-electron chi connectivity index (χ4n) is 3.21. The smallest absolute Gasteiger partial charge is 0.253 e. The molecule has 6 heteroatoms. The molecule has 2 aromatic heterocycles. The lowest BCUT2D eigenvalue weighted by Gasteiger charge is -2.32. The average Bonchev–Trinajstić information content (AvgIpc) is 2.98. The Morgan fingerprint density at radius 3 is 3.04 bits per heavy atom. The van der Waals surface area contributed by atoms with Gasteiger partial charge in [0, 0.05) is 18.3 Å². The van der Waals surface area contributed by atoms with Crippen LogP contribution in [-0.4, -0.2) is 39.6 Å². The molecule has 1 fully saturated rings. The molecule has 6 nitrogen and oxygen atoms in total. The Kier molecular flexibility index (Phi) is 4.61. The van der Waals surface area contributed by atoms with Gasteiger partial charge in [-0.2, -0.15) is 0 Å². The first-order valence-corrected chi connectivity index (χ1v) is 8.44. The number of piperidine rings is 1. The molecule has 0 saturated carbocycles. The first-order valence-electron chi connectivity index (χ1n) is 8.44. The topological polar surface area (TPSA) is 71.8 Å². The maximum absolute atomic E-state index is 12.6. The summed E-state index contributed by atoms with van der Waals surface area (Å²) in [4.78, 5) is 21.4. The highest BCUT2D eigenvalue weighted by molar-refractivity contribution is 5.96. The zero-order valence-electron chi connectivity index (χ0n) is 14.0. The summed E-state index contributed by atoms with van der Waals surface area (Å²) in [5, 5.41) is 6.57. The van der Waals surface area contributed by atoms with Crippen molar-refractivity contribution in [2.24, 2.45) is 5.92 Å². The van der Waals surface area contributed by atoms with Crippen LogP contribution >= 0.6 is 0 Å². The van der Waals surface area contributed by atoms with E-state index in [1.54, 1.807) is 12.5 Å². The molecule has 1 saturated heterocycles. The van der Waals surface area contributed by atoms with Crippen molar-refractivity contribution >= 4 is 17.1 Å². The summed E-state index contributed by atoms with van der Waals surface area (Å²) in [7, 11) is 0. The summed E-state index contributed by atoms with van der Waals surface area (Å²) in [5.41, 5.74) is 2.17. The highest BCUT2D eigenvalue weighted by atomic mass is 16.1. The van der Waals surface area contributed by atoms with E-state index in [2.05, 4.69) is 41.4 Å². The largest absolute Gasteiger partial charge is 0.349 e. The number of pyridine rings is 1. The number of carbonyl (C=O) groups is 1. The van der Waals surface area contributed by atoms with Gasteiger partial charge in [0.2, 0.25) is 0 Å². The van der Waals surface area contributed by atoms with Gasteiger partial charge in [0.25, 0.3) is 5.91 Å². The molecular formula is C17H25N5O. The first-order chi connectivity index (χ1) is 11.1. The Morgan fingerprint density at radius 1 is 1.48 bits per heavy atom. The van der Waals surface area contributed by atoms with E-state index in [-0.39, 0.29) is 11.9 Å². The summed E-state index contributed by atoms with van der Waals surface area (Å²) < 4.78 is 2.01. The van der Waals surface area contributed by atoms with E-state index in [0.29, 0.717) is 17.5 Å². The molecule has 3 rings (SSSR count). The minimum absolute atomic E-state index is 0.0520. The van der Waals surface area contributed by atoms with Crippen molar-refractivity contribution < 1.29 is 4.79 Å². The number of hydrogen-bond acceptors (Lipinski definition) is 4. The maximum Gasteiger partial charge on any atom is 0.253 e. The Hall–Kier alpha value is -1.95. The molecule has 3 heterocycles. The lowest BCUT2D eigenvalue weighted by Crippen LogP contribution is -2.49. The van der Waals surface area contributed by atoms with E-state index in [4.69, 9.17) is 0 Å². The van der Waals surface area contributed by atoms with Gasteiger partial charge in [-0.15, -0.1) is 0 Å². The predicted molar refractivity (Wildman–Crippen MR) is 90.4 cm³/mol. The SMILES string of the molecule is CC[C@@H]1CNCC[C@@H]1NC(=O)c1cnc2c(c1)ncn2C(C)C. The van der Waals surface area contributed by atoms with E-state index in [1.807, 2.05) is 10.6 Å². The van der Waals surface area contributed by atoms with Crippen LogP contribution < -0.4 is 10.6 Å². The third kappa shape index (κ3) is 3.22. The second kappa shape index (κ2) is 6.66. The Labute approximate surface area is 136 Å². The maximum atomic E-state index is 12.6. The van der Waals surface area contributed by atoms with Crippen molar-refractivity contribution in [1.82, 2.24) is 25.2 Å². The average molecular weight is 315 g/mol. The van der Waals surface area contributed by atoms with Crippen LogP contribution in [-0.2, 0) is 0 Å². The van der Waals surface area contributed by atoms with Gasteiger partial charge in [0.15, 0.2) is 5.65 Å². The summed E-state index contributed by atoms with van der Waals surface area (Å²) in [5.74, 6) is 0.438. The fourth-order valence-corrected chi connectivity index (χ4v) is 3.21. The van der Waals surface area contributed by atoms with Crippen molar-refractivity contribution in [3.8, 4) is 0 Å². The number of rotatable bonds is 4. The van der Waals surface area contributed by atoms with E-state index in [0.717, 1.165) is 37.1 Å². The van der Waals surface area contributed by atoms with Crippen LogP contribution in [0.2, 0.25) is 0 Å². The Morgan fingerprint density at radius 2 is 2.30 bits per heavy atom. The van der Waals surface area contributed by atoms with E-state index in [1.165, 1.54) is 0 Å². The minimum Gasteiger partial charge on any atom is -0.349 e. The Balaban J connectivity index is 1.78. The lowest BCUT2D eigenvalue weighted by atomic mass is 9.91. The molecule has 2 atom stereocenters. The molecule has 1 aliphatic heterocycles. The van der Waals surface area contributed by atoms with Crippen LogP contribution in [0.4, 0.5) is 0 Å². The zero-order valence-corrected chi connectivity index (χ0v) is 14.0. The highest BCUT2D eigenvalue weighted by Gasteiger charge is 2.25. The zero-order chi connectivity index (χ0) is 16.4. The molecule has 0 radical (unpaired) electrons. The monoisotopic (exact) mass is 315 g/mol. The molecule has 0 aromatic carbocycles. The molecular weight excluding hydrogens is 290 g/mol. The number of fused-ring (bicyclic) bond motifs is 1. The third-order valence-electron chi connectivity index (χ3n) is 4.68. The van der Waals surface area contributed by atoms with Crippen molar-refractivity contribution in [1.29, 1.82) is 0 Å². The number of nitrogens with zero attached hydrogens (tertiary/aromatic N) is 3. The number of amides is 1. The number of aromatic nitrogens is 3. The standard InChI is InChI=1S/C17H25N5O/c1-4-12-8-18-6-5-14(12)21-17(23)13-7-15-16(19-9-13)22(10-20-15)11(2)3/h7,9-12,14,18H,4-6,8H2,1-3H3,(H,21,23)/t12-,14+/m1/s1.